The Bertz CT molecular complexity index is 1550. The first-order chi connectivity index (χ1) is 17.0. The molecule has 2 atom stereocenters. The summed E-state index contributed by atoms with van der Waals surface area (Å²) in [4.78, 5) is 2.72. The van der Waals surface area contributed by atoms with Crippen LogP contribution in [0.15, 0.2) is 112 Å². The van der Waals surface area contributed by atoms with Gasteiger partial charge >= 0.3 is 226 Å². The molecule has 0 N–H and O–H groups in total. The molecule has 0 radical (unpaired) electrons. The second-order valence-corrected chi connectivity index (χ2v) is 23.1. The number of halogens is 1. The summed E-state index contributed by atoms with van der Waals surface area (Å²) in [6.45, 7) is 0. The molecular weight excluding hydrogens is 588 g/mol. The Morgan fingerprint density at radius 1 is 0.686 bits per heavy atom. The number of rotatable bonds is 3. The fourth-order valence-corrected chi connectivity index (χ4v) is 16.3. The maximum absolute atomic E-state index is 3.92. The van der Waals surface area contributed by atoms with Crippen molar-refractivity contribution in [1.82, 2.24) is 0 Å². The van der Waals surface area contributed by atoms with Crippen molar-refractivity contribution in [2.75, 3.05) is 0 Å². The molecule has 2 unspecified atom stereocenters. The normalized spacial score (nSPS) is 19.5. The standard InChI is InChI=1S/C15H10Br.C15H9S.2CH3.Zr/c16-14-8-4-7-12-9-10-13(15(12)14)11-5-2-1-3-6-11;1-2-13-12-8-9-14(13)15(3-1)16-11-6-4-10(12)5-7-11;;;/h1-9,13H;1-7,9,12H;2*1H3;. The van der Waals surface area contributed by atoms with E-state index < -0.39 is 20.3 Å². The van der Waals surface area contributed by atoms with Crippen molar-refractivity contribution in [3.63, 3.8) is 0 Å². The van der Waals surface area contributed by atoms with Gasteiger partial charge in [0.2, 0.25) is 0 Å². The van der Waals surface area contributed by atoms with Crippen molar-refractivity contribution >= 4 is 39.8 Å². The number of allylic oxidation sites excluding steroid dienone is 2. The van der Waals surface area contributed by atoms with Crippen LogP contribution < -0.4 is 0 Å². The number of hydrogen-bond donors (Lipinski definition) is 0. The van der Waals surface area contributed by atoms with Crippen molar-refractivity contribution in [3.8, 4) is 0 Å². The summed E-state index contributed by atoms with van der Waals surface area (Å²) in [5.41, 5.74) is 8.62. The van der Waals surface area contributed by atoms with E-state index in [1.165, 1.54) is 47.6 Å². The van der Waals surface area contributed by atoms with Crippen LogP contribution in [-0.4, -0.2) is 0 Å². The molecule has 0 saturated heterocycles. The molecule has 3 heteroatoms. The third-order valence-corrected chi connectivity index (χ3v) is 19.0. The third kappa shape index (κ3) is 3.42. The fourth-order valence-electron chi connectivity index (χ4n) is 6.31. The molecule has 6 bridgehead atoms. The van der Waals surface area contributed by atoms with Crippen LogP contribution >= 0.6 is 27.7 Å². The molecule has 0 aromatic heterocycles. The van der Waals surface area contributed by atoms with Gasteiger partial charge in [-0.3, -0.25) is 0 Å². The first kappa shape index (κ1) is 22.3. The van der Waals surface area contributed by atoms with Crippen LogP contribution in [0.4, 0.5) is 0 Å². The molecule has 2 aliphatic carbocycles. The summed E-state index contributed by atoms with van der Waals surface area (Å²) >= 11 is 2.79. The second-order valence-electron chi connectivity index (χ2n) is 10.3. The van der Waals surface area contributed by atoms with Crippen LogP contribution in [0.1, 0.15) is 45.2 Å². The van der Waals surface area contributed by atoms with Gasteiger partial charge in [0.15, 0.2) is 0 Å². The van der Waals surface area contributed by atoms with E-state index in [-0.39, 0.29) is 0 Å². The Morgan fingerprint density at radius 2 is 1.40 bits per heavy atom. The maximum atomic E-state index is 3.92. The van der Waals surface area contributed by atoms with Crippen molar-refractivity contribution in [1.29, 1.82) is 0 Å². The van der Waals surface area contributed by atoms with Crippen LogP contribution in [0.2, 0.25) is 9.26 Å². The Labute approximate surface area is 224 Å². The van der Waals surface area contributed by atoms with E-state index in [1.54, 1.807) is 6.56 Å². The molecule has 0 saturated carbocycles. The first-order valence-corrected chi connectivity index (χ1v) is 21.2. The number of benzene rings is 4. The zero-order chi connectivity index (χ0) is 23.7. The van der Waals surface area contributed by atoms with E-state index in [0.29, 0.717) is 11.8 Å². The van der Waals surface area contributed by atoms with Crippen LogP contribution in [-0.2, 0) is 20.3 Å². The minimum absolute atomic E-state index is 0.321. The first-order valence-electron chi connectivity index (χ1n) is 12.2. The van der Waals surface area contributed by atoms with Gasteiger partial charge in [-0.15, -0.1) is 0 Å². The summed E-state index contributed by atoms with van der Waals surface area (Å²) in [6, 6.07) is 34.1. The molecule has 0 spiro atoms. The molecule has 4 aromatic rings. The Kier molecular flexibility index (Phi) is 5.29. The summed E-state index contributed by atoms with van der Waals surface area (Å²) in [5, 5.41) is 0. The molecule has 35 heavy (non-hydrogen) atoms. The zero-order valence-electron chi connectivity index (χ0n) is 19.8. The summed E-state index contributed by atoms with van der Waals surface area (Å²) in [6.07, 6.45) is 5.16. The van der Waals surface area contributed by atoms with Gasteiger partial charge in [0.1, 0.15) is 0 Å². The van der Waals surface area contributed by atoms with E-state index in [9.17, 15) is 0 Å². The zero-order valence-corrected chi connectivity index (χ0v) is 24.6. The monoisotopic (exact) mass is 610 g/mol. The second kappa shape index (κ2) is 8.30. The van der Waals surface area contributed by atoms with E-state index in [1.807, 2.05) is 11.8 Å². The average molecular weight is 613 g/mol. The van der Waals surface area contributed by atoms with Gasteiger partial charge in [-0.2, -0.15) is 0 Å². The molecule has 4 aliphatic rings. The number of fused-ring (bicyclic) bond motifs is 3. The minimum atomic E-state index is -3.04. The van der Waals surface area contributed by atoms with Crippen molar-refractivity contribution in [2.45, 2.75) is 30.9 Å². The summed E-state index contributed by atoms with van der Waals surface area (Å²) in [7, 11) is 0. The van der Waals surface area contributed by atoms with Crippen molar-refractivity contribution in [2.24, 2.45) is 0 Å². The van der Waals surface area contributed by atoms with Gasteiger partial charge in [0, 0.05) is 0 Å². The molecule has 0 nitrogen and oxygen atoms in total. The topological polar surface area (TPSA) is 0 Å². The quantitative estimate of drug-likeness (QED) is 0.222. The molecule has 170 valence electrons. The third-order valence-electron chi connectivity index (χ3n) is 8.04. The summed E-state index contributed by atoms with van der Waals surface area (Å²) < 4.78 is 9.90. The number of hydrogen-bond acceptors (Lipinski definition) is 1. The predicted octanol–water partition coefficient (Wildman–Crippen LogP) is 9.84. The van der Waals surface area contributed by atoms with E-state index in [2.05, 4.69) is 128 Å². The SMILES string of the molecule is [CH3][Zr]([CH3])([C]1=Cc2c3cccc2C1c1ccc(cc1)S3)[C]1=Cc2cccc(Br)c2C1c1ccccc1. The predicted molar refractivity (Wildman–Crippen MR) is 149 cm³/mol. The van der Waals surface area contributed by atoms with Gasteiger partial charge in [-0.1, -0.05) is 0 Å². The van der Waals surface area contributed by atoms with E-state index in [0.717, 1.165) is 0 Å². The molecule has 4 aromatic carbocycles. The van der Waals surface area contributed by atoms with Gasteiger partial charge in [0.05, 0.1) is 0 Å². The fraction of sp³-hybridized carbons (Fsp3) is 0.125. The van der Waals surface area contributed by atoms with Crippen molar-refractivity contribution < 1.29 is 20.3 Å². The van der Waals surface area contributed by atoms with Gasteiger partial charge in [-0.25, -0.2) is 0 Å². The van der Waals surface area contributed by atoms with Crippen molar-refractivity contribution in [3.05, 3.63) is 135 Å². The summed E-state index contributed by atoms with van der Waals surface area (Å²) in [5.74, 6) is 0.690. The Morgan fingerprint density at radius 3 is 2.20 bits per heavy atom. The van der Waals surface area contributed by atoms with E-state index in [4.69, 9.17) is 0 Å². The molecule has 2 aliphatic heterocycles. The van der Waals surface area contributed by atoms with Crippen LogP contribution in [0.5, 0.6) is 0 Å². The van der Waals surface area contributed by atoms with Crippen LogP contribution in [0.25, 0.3) is 12.2 Å². The molecule has 0 fully saturated rings. The molecule has 2 heterocycles. The molecule has 8 rings (SSSR count). The van der Waals surface area contributed by atoms with E-state index >= 15 is 0 Å². The van der Waals surface area contributed by atoms with Gasteiger partial charge in [0.25, 0.3) is 0 Å². The van der Waals surface area contributed by atoms with Crippen LogP contribution in [0.3, 0.4) is 0 Å². The Balaban J connectivity index is 1.43. The van der Waals surface area contributed by atoms with Crippen LogP contribution in [0, 0.1) is 0 Å². The average Bonchev–Trinajstić information content (AvgIpc) is 3.48. The Hall–Kier alpha value is -1.93. The molecule has 0 amide bonds. The van der Waals surface area contributed by atoms with Gasteiger partial charge in [-0.05, 0) is 0 Å². The molecular formula is C32H25BrSZr. The van der Waals surface area contributed by atoms with Gasteiger partial charge < -0.3 is 0 Å².